The van der Waals surface area contributed by atoms with Crippen LogP contribution in [0.4, 0.5) is 5.69 Å². The highest BCUT2D eigenvalue weighted by Gasteiger charge is 2.53. The van der Waals surface area contributed by atoms with Crippen LogP contribution < -0.4 is 10.6 Å². The maximum Gasteiger partial charge on any atom is 0.336 e. The lowest BCUT2D eigenvalue weighted by molar-refractivity contribution is -0.134. The van der Waals surface area contributed by atoms with Crippen LogP contribution in [0.2, 0.25) is 0 Å². The van der Waals surface area contributed by atoms with Crippen LogP contribution in [0.1, 0.15) is 35.2 Å². The van der Waals surface area contributed by atoms with E-state index in [0.717, 1.165) is 42.8 Å². The molecule has 40 heavy (non-hydrogen) atoms. The third-order valence-corrected chi connectivity index (χ3v) is 8.41. The first kappa shape index (κ1) is 25.9. The number of nitrogens with one attached hydrogen (secondary N) is 1. The average Bonchev–Trinajstić information content (AvgIpc) is 3.43. The number of aromatic amines is 1. The van der Waals surface area contributed by atoms with Crippen molar-refractivity contribution in [2.75, 3.05) is 31.2 Å². The number of aromatic carboxylic acids is 1. The molecule has 0 bridgehead atoms. The monoisotopic (exact) mass is 539 g/mol. The maximum absolute atomic E-state index is 14.1. The highest BCUT2D eigenvalue weighted by molar-refractivity contribution is 5.94. The first-order valence-corrected chi connectivity index (χ1v) is 13.8. The average molecular weight is 540 g/mol. The number of carbonyl (C=O) groups excluding carboxylic acids is 1. The number of aromatic nitrogens is 2. The number of imidazole rings is 1. The predicted molar refractivity (Wildman–Crippen MR) is 153 cm³/mol. The fourth-order valence-electron chi connectivity index (χ4n) is 6.32. The molecular weight excluding hydrogens is 506 g/mol. The Balaban J connectivity index is 1.16. The number of nitrogens with zero attached hydrogens (tertiary/aromatic N) is 4. The van der Waals surface area contributed by atoms with Gasteiger partial charge in [0.15, 0.2) is 0 Å². The molecule has 1 spiro atoms. The molecule has 2 N–H and O–H groups in total. The van der Waals surface area contributed by atoms with E-state index in [1.165, 1.54) is 0 Å². The normalized spacial score (nSPS) is 17.2. The molecule has 206 valence electrons. The highest BCUT2D eigenvalue weighted by Crippen LogP contribution is 2.40. The summed E-state index contributed by atoms with van der Waals surface area (Å²) in [5.74, 6) is -0.929. The second-order valence-electron chi connectivity index (χ2n) is 10.7. The second-order valence-corrected chi connectivity index (χ2v) is 10.7. The summed E-state index contributed by atoms with van der Waals surface area (Å²) in [6.45, 7) is 3.71. The van der Waals surface area contributed by atoms with E-state index < -0.39 is 11.5 Å². The Morgan fingerprint density at radius 3 is 2.35 bits per heavy atom. The van der Waals surface area contributed by atoms with Crippen molar-refractivity contribution in [3.63, 3.8) is 0 Å². The van der Waals surface area contributed by atoms with E-state index in [1.54, 1.807) is 27.7 Å². The van der Waals surface area contributed by atoms with Crippen LogP contribution >= 0.6 is 0 Å². The number of hydrogen-bond donors (Lipinski definition) is 2. The number of para-hydroxylation sites is 3. The zero-order valence-electron chi connectivity index (χ0n) is 22.3. The molecule has 0 aliphatic carbocycles. The van der Waals surface area contributed by atoms with E-state index >= 15 is 0 Å². The van der Waals surface area contributed by atoms with Crippen molar-refractivity contribution >= 4 is 28.6 Å². The summed E-state index contributed by atoms with van der Waals surface area (Å²) in [5, 5.41) is 9.67. The quantitative estimate of drug-likeness (QED) is 0.354. The van der Waals surface area contributed by atoms with Crippen LogP contribution in [0.3, 0.4) is 0 Å². The molecule has 6 rings (SSSR count). The number of carboxylic acids is 1. The number of fused-ring (bicyclic) bond motifs is 1. The number of benzene rings is 3. The number of hydrogen-bond acceptors (Lipinski definition) is 5. The van der Waals surface area contributed by atoms with Gasteiger partial charge in [-0.25, -0.2) is 9.59 Å². The van der Waals surface area contributed by atoms with Crippen molar-refractivity contribution in [3.8, 4) is 0 Å². The van der Waals surface area contributed by atoms with E-state index in [1.807, 2.05) is 60.7 Å². The molecule has 2 fully saturated rings. The van der Waals surface area contributed by atoms with E-state index in [-0.39, 0.29) is 23.7 Å². The molecule has 2 saturated heterocycles. The predicted octanol–water partition coefficient (Wildman–Crippen LogP) is 3.76. The van der Waals surface area contributed by atoms with Gasteiger partial charge < -0.3 is 24.8 Å². The molecule has 9 nitrogen and oxygen atoms in total. The SMILES string of the molecule is O=C(O)c1ccccc1CN1CN(c2ccccc2)C2(CCN(CCCn3c(=O)[nH]c4ccccc43)CC2)C1=O. The smallest absolute Gasteiger partial charge is 0.336 e. The molecule has 1 aromatic heterocycles. The lowest BCUT2D eigenvalue weighted by Gasteiger charge is -2.43. The van der Waals surface area contributed by atoms with Crippen molar-refractivity contribution < 1.29 is 14.7 Å². The van der Waals surface area contributed by atoms with Gasteiger partial charge in [0.1, 0.15) is 5.54 Å². The summed E-state index contributed by atoms with van der Waals surface area (Å²) in [5.41, 5.74) is 2.89. The fraction of sp³-hybridized carbons (Fsp3) is 0.323. The summed E-state index contributed by atoms with van der Waals surface area (Å²) in [6, 6.07) is 24.6. The van der Waals surface area contributed by atoms with Crippen LogP contribution in [-0.4, -0.2) is 68.2 Å². The van der Waals surface area contributed by atoms with Gasteiger partial charge in [-0.3, -0.25) is 9.36 Å². The topological polar surface area (TPSA) is 102 Å². The molecule has 2 aliphatic rings. The highest BCUT2D eigenvalue weighted by atomic mass is 16.4. The lowest BCUT2D eigenvalue weighted by Crippen LogP contribution is -2.56. The van der Waals surface area contributed by atoms with Gasteiger partial charge in [-0.1, -0.05) is 48.5 Å². The number of rotatable bonds is 8. The Hall–Kier alpha value is -4.37. The summed E-state index contributed by atoms with van der Waals surface area (Å²) < 4.78 is 1.80. The second kappa shape index (κ2) is 10.7. The number of aryl methyl sites for hydroxylation is 1. The minimum Gasteiger partial charge on any atom is -0.478 e. The van der Waals surface area contributed by atoms with Crippen LogP contribution in [-0.2, 0) is 17.9 Å². The zero-order chi connectivity index (χ0) is 27.7. The largest absolute Gasteiger partial charge is 0.478 e. The molecule has 9 heteroatoms. The number of carbonyl (C=O) groups is 2. The molecule has 0 radical (unpaired) electrons. The zero-order valence-corrected chi connectivity index (χ0v) is 22.3. The molecule has 0 unspecified atom stereocenters. The molecule has 3 aromatic carbocycles. The Kier molecular flexibility index (Phi) is 6.89. The van der Waals surface area contributed by atoms with E-state index in [4.69, 9.17) is 0 Å². The van der Waals surface area contributed by atoms with Gasteiger partial charge in [0.2, 0.25) is 5.91 Å². The van der Waals surface area contributed by atoms with Gasteiger partial charge in [-0.05, 0) is 61.7 Å². The number of H-pyrrole nitrogens is 1. The van der Waals surface area contributed by atoms with Gasteiger partial charge in [0, 0.05) is 31.9 Å². The number of anilines is 1. The Morgan fingerprint density at radius 2 is 1.57 bits per heavy atom. The third-order valence-electron chi connectivity index (χ3n) is 8.41. The summed E-state index contributed by atoms with van der Waals surface area (Å²) in [4.78, 5) is 47.6. The lowest BCUT2D eigenvalue weighted by atomic mass is 9.85. The van der Waals surface area contributed by atoms with Crippen molar-refractivity contribution in [3.05, 3.63) is 100 Å². The minimum absolute atomic E-state index is 0.0570. The first-order valence-electron chi connectivity index (χ1n) is 13.8. The molecule has 0 saturated carbocycles. The summed E-state index contributed by atoms with van der Waals surface area (Å²) in [7, 11) is 0. The standard InChI is InChI=1S/C31H33N5O4/c37-28(38)25-12-5-4-9-23(25)21-34-22-36(24-10-2-1-3-11-24)31(29(34)39)15-19-33(20-16-31)17-8-18-35-27-14-7-6-13-26(27)32-30(35)40/h1-7,9-14H,8,15-22H2,(H,32,40)(H,37,38). The Bertz CT molecular complexity index is 1590. The number of carboxylic acid groups (broad SMARTS) is 1. The third kappa shape index (κ3) is 4.66. The van der Waals surface area contributed by atoms with E-state index in [2.05, 4.69) is 14.8 Å². The number of piperidine rings is 1. The molecule has 2 aliphatic heterocycles. The Morgan fingerprint density at radius 1 is 0.875 bits per heavy atom. The van der Waals surface area contributed by atoms with Crippen molar-refractivity contribution in [1.29, 1.82) is 0 Å². The van der Waals surface area contributed by atoms with Gasteiger partial charge in [-0.2, -0.15) is 0 Å². The maximum atomic E-state index is 14.1. The van der Waals surface area contributed by atoms with Crippen molar-refractivity contribution in [1.82, 2.24) is 19.4 Å². The fourth-order valence-corrected chi connectivity index (χ4v) is 6.32. The van der Waals surface area contributed by atoms with Gasteiger partial charge in [0.05, 0.1) is 23.3 Å². The minimum atomic E-state index is -0.986. The number of likely N-dealkylation sites (tertiary alicyclic amines) is 1. The Labute approximate surface area is 232 Å². The molecule has 3 heterocycles. The van der Waals surface area contributed by atoms with Crippen LogP contribution in [0, 0.1) is 0 Å². The van der Waals surface area contributed by atoms with Crippen LogP contribution in [0.25, 0.3) is 11.0 Å². The van der Waals surface area contributed by atoms with Crippen molar-refractivity contribution in [2.45, 2.75) is 37.9 Å². The van der Waals surface area contributed by atoms with Crippen LogP contribution in [0.15, 0.2) is 83.7 Å². The van der Waals surface area contributed by atoms with Gasteiger partial charge in [0.25, 0.3) is 0 Å². The number of amides is 1. The summed E-state index contributed by atoms with van der Waals surface area (Å²) >= 11 is 0. The molecule has 4 aromatic rings. The van der Waals surface area contributed by atoms with E-state index in [9.17, 15) is 19.5 Å². The molecular formula is C31H33N5O4. The first-order chi connectivity index (χ1) is 19.5. The van der Waals surface area contributed by atoms with Gasteiger partial charge in [-0.15, -0.1) is 0 Å². The molecule has 1 amide bonds. The van der Waals surface area contributed by atoms with E-state index in [0.29, 0.717) is 31.6 Å². The van der Waals surface area contributed by atoms with Crippen molar-refractivity contribution in [2.24, 2.45) is 0 Å². The summed E-state index contributed by atoms with van der Waals surface area (Å²) in [6.07, 6.45) is 2.21. The van der Waals surface area contributed by atoms with Crippen LogP contribution in [0.5, 0.6) is 0 Å². The molecule has 0 atom stereocenters. The van der Waals surface area contributed by atoms with Gasteiger partial charge >= 0.3 is 11.7 Å².